The largest absolute Gasteiger partial charge is 0.384 e. The molecule has 3 heteroatoms. The standard InChI is InChI=1S/C17H21NO2/c19-13-5-6-14-9-11-16(12-10-14)18-17(20)15-7-3-1-2-4-8-15/h9-12,15,19H,1-4,7-8,13H2,(H,18,20). The molecule has 1 aromatic rings. The van der Waals surface area contributed by atoms with Crippen LogP contribution in [0.1, 0.15) is 44.1 Å². The summed E-state index contributed by atoms with van der Waals surface area (Å²) in [4.78, 5) is 12.2. The van der Waals surface area contributed by atoms with Crippen LogP contribution in [0, 0.1) is 17.8 Å². The summed E-state index contributed by atoms with van der Waals surface area (Å²) in [6.45, 7) is -0.139. The summed E-state index contributed by atoms with van der Waals surface area (Å²) in [7, 11) is 0. The number of rotatable bonds is 2. The van der Waals surface area contributed by atoms with E-state index in [1.807, 2.05) is 24.3 Å². The highest BCUT2D eigenvalue weighted by Gasteiger charge is 2.19. The highest BCUT2D eigenvalue weighted by Crippen LogP contribution is 2.24. The van der Waals surface area contributed by atoms with Crippen molar-refractivity contribution in [1.29, 1.82) is 0 Å². The van der Waals surface area contributed by atoms with Gasteiger partial charge in [0.05, 0.1) is 0 Å². The molecular weight excluding hydrogens is 250 g/mol. The van der Waals surface area contributed by atoms with Crippen molar-refractivity contribution in [2.24, 2.45) is 5.92 Å². The van der Waals surface area contributed by atoms with E-state index in [0.29, 0.717) is 0 Å². The van der Waals surface area contributed by atoms with Crippen LogP contribution in [0.4, 0.5) is 5.69 Å². The van der Waals surface area contributed by atoms with Gasteiger partial charge in [-0.15, -0.1) is 0 Å². The number of benzene rings is 1. The third kappa shape index (κ3) is 4.40. The summed E-state index contributed by atoms with van der Waals surface area (Å²) in [5.41, 5.74) is 1.65. The molecule has 2 rings (SSSR count). The maximum absolute atomic E-state index is 12.2. The molecule has 2 N–H and O–H groups in total. The second kappa shape index (κ2) is 7.72. The second-order valence-corrected chi connectivity index (χ2v) is 5.21. The van der Waals surface area contributed by atoms with Crippen LogP contribution in [-0.2, 0) is 4.79 Å². The molecule has 106 valence electrons. The number of carbonyl (C=O) groups is 1. The van der Waals surface area contributed by atoms with E-state index in [4.69, 9.17) is 5.11 Å². The van der Waals surface area contributed by atoms with E-state index in [1.165, 1.54) is 12.8 Å². The van der Waals surface area contributed by atoms with Crippen LogP contribution >= 0.6 is 0 Å². The third-order valence-electron chi connectivity index (χ3n) is 3.69. The van der Waals surface area contributed by atoms with Gasteiger partial charge in [0.2, 0.25) is 5.91 Å². The number of nitrogens with one attached hydrogen (secondary N) is 1. The van der Waals surface area contributed by atoms with E-state index in [9.17, 15) is 4.79 Å². The van der Waals surface area contributed by atoms with Gasteiger partial charge in [0.1, 0.15) is 6.61 Å². The van der Waals surface area contributed by atoms with Gasteiger partial charge in [-0.1, -0.05) is 37.5 Å². The number of hydrogen-bond donors (Lipinski definition) is 2. The van der Waals surface area contributed by atoms with Gasteiger partial charge < -0.3 is 10.4 Å². The zero-order valence-electron chi connectivity index (χ0n) is 11.7. The summed E-state index contributed by atoms with van der Waals surface area (Å²) in [5.74, 6) is 5.73. The molecule has 0 radical (unpaired) electrons. The van der Waals surface area contributed by atoms with Crippen molar-refractivity contribution in [3.8, 4) is 11.8 Å². The smallest absolute Gasteiger partial charge is 0.227 e. The van der Waals surface area contributed by atoms with E-state index in [0.717, 1.165) is 36.9 Å². The molecule has 3 nitrogen and oxygen atoms in total. The van der Waals surface area contributed by atoms with Crippen molar-refractivity contribution >= 4 is 11.6 Å². The number of aliphatic hydroxyl groups is 1. The Balaban J connectivity index is 1.93. The van der Waals surface area contributed by atoms with Gasteiger partial charge in [-0.05, 0) is 37.1 Å². The quantitative estimate of drug-likeness (QED) is 0.642. The molecule has 20 heavy (non-hydrogen) atoms. The van der Waals surface area contributed by atoms with Crippen LogP contribution in [0.15, 0.2) is 24.3 Å². The zero-order chi connectivity index (χ0) is 14.2. The topological polar surface area (TPSA) is 49.3 Å². The predicted molar refractivity (Wildman–Crippen MR) is 80.2 cm³/mol. The molecule has 0 aromatic heterocycles. The van der Waals surface area contributed by atoms with E-state index >= 15 is 0 Å². The molecule has 0 unspecified atom stereocenters. The predicted octanol–water partition coefficient (Wildman–Crippen LogP) is 2.94. The van der Waals surface area contributed by atoms with Gasteiger partial charge in [0.25, 0.3) is 0 Å². The lowest BCUT2D eigenvalue weighted by Gasteiger charge is -2.14. The fourth-order valence-electron chi connectivity index (χ4n) is 2.56. The number of hydrogen-bond acceptors (Lipinski definition) is 2. The highest BCUT2D eigenvalue weighted by molar-refractivity contribution is 5.92. The van der Waals surface area contributed by atoms with Crippen LogP contribution in [0.5, 0.6) is 0 Å². The van der Waals surface area contributed by atoms with Gasteiger partial charge in [-0.25, -0.2) is 0 Å². The Labute approximate surface area is 120 Å². The molecular formula is C17H21NO2. The van der Waals surface area contributed by atoms with E-state index < -0.39 is 0 Å². The second-order valence-electron chi connectivity index (χ2n) is 5.21. The SMILES string of the molecule is O=C(Nc1ccc(C#CCO)cc1)C1CCCCCC1. The number of amides is 1. The Bertz CT molecular complexity index is 488. The van der Waals surface area contributed by atoms with Crippen molar-refractivity contribution in [2.75, 3.05) is 11.9 Å². The molecule has 1 amide bonds. The lowest BCUT2D eigenvalue weighted by molar-refractivity contribution is -0.120. The van der Waals surface area contributed by atoms with E-state index in [2.05, 4.69) is 17.2 Å². The van der Waals surface area contributed by atoms with Crippen molar-refractivity contribution in [3.05, 3.63) is 29.8 Å². The van der Waals surface area contributed by atoms with E-state index in [-0.39, 0.29) is 18.4 Å². The number of carbonyl (C=O) groups excluding carboxylic acids is 1. The highest BCUT2D eigenvalue weighted by atomic mass is 16.2. The number of aliphatic hydroxyl groups excluding tert-OH is 1. The summed E-state index contributed by atoms with van der Waals surface area (Å²) >= 11 is 0. The van der Waals surface area contributed by atoms with Gasteiger partial charge in [0, 0.05) is 17.2 Å². The first-order valence-corrected chi connectivity index (χ1v) is 7.30. The van der Waals surface area contributed by atoms with Crippen molar-refractivity contribution in [3.63, 3.8) is 0 Å². The Kier molecular flexibility index (Phi) is 5.64. The van der Waals surface area contributed by atoms with Crippen molar-refractivity contribution in [2.45, 2.75) is 38.5 Å². The van der Waals surface area contributed by atoms with Gasteiger partial charge in [0.15, 0.2) is 0 Å². The average Bonchev–Trinajstić information content (AvgIpc) is 2.75. The molecule has 0 saturated heterocycles. The Hall–Kier alpha value is -1.79. The summed E-state index contributed by atoms with van der Waals surface area (Å²) in [6.07, 6.45) is 6.84. The molecule has 1 saturated carbocycles. The van der Waals surface area contributed by atoms with Crippen LogP contribution in [-0.4, -0.2) is 17.6 Å². The molecule has 0 atom stereocenters. The Morgan fingerprint density at radius 2 is 1.80 bits per heavy atom. The minimum Gasteiger partial charge on any atom is -0.384 e. The summed E-state index contributed by atoms with van der Waals surface area (Å²) in [5, 5.41) is 11.6. The molecule has 1 fully saturated rings. The Morgan fingerprint density at radius 3 is 2.40 bits per heavy atom. The maximum Gasteiger partial charge on any atom is 0.227 e. The van der Waals surface area contributed by atoms with Crippen LogP contribution in [0.3, 0.4) is 0 Å². The molecule has 1 aromatic carbocycles. The zero-order valence-corrected chi connectivity index (χ0v) is 11.7. The average molecular weight is 271 g/mol. The van der Waals surface area contributed by atoms with Crippen LogP contribution < -0.4 is 5.32 Å². The van der Waals surface area contributed by atoms with Crippen molar-refractivity contribution < 1.29 is 9.90 Å². The molecule has 0 bridgehead atoms. The third-order valence-corrected chi connectivity index (χ3v) is 3.69. The van der Waals surface area contributed by atoms with Crippen molar-refractivity contribution in [1.82, 2.24) is 0 Å². The fourth-order valence-corrected chi connectivity index (χ4v) is 2.56. The van der Waals surface area contributed by atoms with Gasteiger partial charge in [-0.3, -0.25) is 4.79 Å². The molecule has 0 aliphatic heterocycles. The maximum atomic E-state index is 12.2. The Morgan fingerprint density at radius 1 is 1.15 bits per heavy atom. The normalized spacial score (nSPS) is 15.8. The van der Waals surface area contributed by atoms with E-state index in [1.54, 1.807) is 0 Å². The monoisotopic (exact) mass is 271 g/mol. The molecule has 1 aliphatic carbocycles. The van der Waals surface area contributed by atoms with Gasteiger partial charge in [-0.2, -0.15) is 0 Å². The lowest BCUT2D eigenvalue weighted by Crippen LogP contribution is -2.22. The minimum atomic E-state index is -0.139. The molecule has 1 aliphatic rings. The first kappa shape index (κ1) is 14.6. The molecule has 0 heterocycles. The van der Waals surface area contributed by atoms with Crippen LogP contribution in [0.25, 0.3) is 0 Å². The summed E-state index contributed by atoms with van der Waals surface area (Å²) in [6, 6.07) is 7.42. The first-order valence-electron chi connectivity index (χ1n) is 7.30. The fraction of sp³-hybridized carbons (Fsp3) is 0.471. The molecule has 0 spiro atoms. The summed E-state index contributed by atoms with van der Waals surface area (Å²) < 4.78 is 0. The lowest BCUT2D eigenvalue weighted by atomic mass is 9.99. The number of anilines is 1. The minimum absolute atomic E-state index is 0.139. The van der Waals surface area contributed by atoms with Crippen LogP contribution in [0.2, 0.25) is 0 Å². The first-order chi connectivity index (χ1) is 9.79. The van der Waals surface area contributed by atoms with Gasteiger partial charge >= 0.3 is 0 Å².